The summed E-state index contributed by atoms with van der Waals surface area (Å²) in [4.78, 5) is 2.03. The Labute approximate surface area is 121 Å². The van der Waals surface area contributed by atoms with Crippen molar-refractivity contribution in [2.24, 2.45) is 0 Å². The molecule has 0 amide bonds. The topological polar surface area (TPSA) is 32.7 Å². The molecule has 0 spiro atoms. The van der Waals surface area contributed by atoms with E-state index in [1.54, 1.807) is 7.11 Å². The highest BCUT2D eigenvalue weighted by Crippen LogP contribution is 2.31. The maximum atomic E-state index is 9.44. The number of ether oxygens (including phenoxy) is 1. The van der Waals surface area contributed by atoms with E-state index in [1.807, 2.05) is 54.4 Å². The van der Waals surface area contributed by atoms with Crippen molar-refractivity contribution in [2.75, 3.05) is 19.1 Å². The molecule has 0 heterocycles. The molecule has 0 saturated heterocycles. The fraction of sp³-hybridized carbons (Fsp3) is 0.200. The fourth-order valence-corrected chi connectivity index (χ4v) is 2.29. The molecule has 0 fully saturated rings. The molecule has 0 bridgehead atoms. The van der Waals surface area contributed by atoms with Crippen LogP contribution in [0.5, 0.6) is 5.75 Å². The monoisotopic (exact) mass is 321 g/mol. The Kier molecular flexibility index (Phi) is 4.45. The van der Waals surface area contributed by atoms with Crippen LogP contribution < -0.4 is 9.64 Å². The molecule has 0 aliphatic rings. The molecule has 4 heteroatoms. The Bertz CT molecular complexity index is 572. The second-order valence-electron chi connectivity index (χ2n) is 4.19. The molecule has 0 saturated carbocycles. The van der Waals surface area contributed by atoms with Gasteiger partial charge in [0.15, 0.2) is 0 Å². The van der Waals surface area contributed by atoms with Crippen molar-refractivity contribution in [1.82, 2.24) is 0 Å². The molecule has 0 aliphatic carbocycles. The number of methoxy groups -OCH3 is 1. The van der Waals surface area contributed by atoms with Crippen molar-refractivity contribution < 1.29 is 9.84 Å². The lowest BCUT2D eigenvalue weighted by atomic mass is 10.1. The highest BCUT2D eigenvalue weighted by atomic mass is 79.9. The zero-order chi connectivity index (χ0) is 13.8. The molecule has 1 N–H and O–H groups in total. The van der Waals surface area contributed by atoms with Gasteiger partial charge in [0.1, 0.15) is 5.75 Å². The minimum atomic E-state index is 0.0108. The summed E-state index contributed by atoms with van der Waals surface area (Å²) in [5.74, 6) is 0.810. The summed E-state index contributed by atoms with van der Waals surface area (Å²) in [7, 11) is 3.62. The molecule has 100 valence electrons. The molecule has 0 aliphatic heterocycles. The van der Waals surface area contributed by atoms with Crippen molar-refractivity contribution in [2.45, 2.75) is 6.61 Å². The molecule has 2 rings (SSSR count). The van der Waals surface area contributed by atoms with Crippen molar-refractivity contribution in [3.05, 3.63) is 52.5 Å². The van der Waals surface area contributed by atoms with Crippen molar-refractivity contribution in [3.8, 4) is 5.75 Å². The van der Waals surface area contributed by atoms with E-state index >= 15 is 0 Å². The largest absolute Gasteiger partial charge is 0.497 e. The molecule has 2 aromatic carbocycles. The summed E-state index contributed by atoms with van der Waals surface area (Å²) in [5, 5.41) is 9.44. The molecule has 0 atom stereocenters. The number of aliphatic hydroxyl groups excluding tert-OH is 1. The number of nitrogens with zero attached hydrogens (tertiary/aromatic N) is 1. The Hall–Kier alpha value is -1.52. The van der Waals surface area contributed by atoms with Gasteiger partial charge in [0.25, 0.3) is 0 Å². The van der Waals surface area contributed by atoms with E-state index in [4.69, 9.17) is 4.74 Å². The van der Waals surface area contributed by atoms with Crippen LogP contribution in [0.3, 0.4) is 0 Å². The summed E-state index contributed by atoms with van der Waals surface area (Å²) in [6.07, 6.45) is 0. The van der Waals surface area contributed by atoms with Gasteiger partial charge < -0.3 is 14.7 Å². The Balaban J connectivity index is 2.42. The first-order valence-corrected chi connectivity index (χ1v) is 6.72. The highest BCUT2D eigenvalue weighted by Gasteiger charge is 2.10. The lowest BCUT2D eigenvalue weighted by Gasteiger charge is -2.23. The molecular weight excluding hydrogens is 306 g/mol. The molecule has 2 aromatic rings. The molecule has 0 aromatic heterocycles. The van der Waals surface area contributed by atoms with Crippen LogP contribution in [0.2, 0.25) is 0 Å². The van der Waals surface area contributed by atoms with Crippen LogP contribution in [0.1, 0.15) is 5.56 Å². The van der Waals surface area contributed by atoms with Crippen LogP contribution in [-0.2, 0) is 6.61 Å². The first-order valence-electron chi connectivity index (χ1n) is 5.92. The van der Waals surface area contributed by atoms with E-state index in [0.29, 0.717) is 0 Å². The van der Waals surface area contributed by atoms with Crippen molar-refractivity contribution in [1.29, 1.82) is 0 Å². The quantitative estimate of drug-likeness (QED) is 0.931. The molecule has 19 heavy (non-hydrogen) atoms. The number of halogens is 1. The van der Waals surface area contributed by atoms with Gasteiger partial charge in [0.2, 0.25) is 0 Å². The predicted molar refractivity (Wildman–Crippen MR) is 81.1 cm³/mol. The highest BCUT2D eigenvalue weighted by molar-refractivity contribution is 9.10. The lowest BCUT2D eigenvalue weighted by molar-refractivity contribution is 0.282. The maximum Gasteiger partial charge on any atom is 0.120 e. The fourth-order valence-electron chi connectivity index (χ4n) is 1.94. The number of hydrogen-bond acceptors (Lipinski definition) is 3. The number of benzene rings is 2. The number of aliphatic hydroxyl groups is 1. The summed E-state index contributed by atoms with van der Waals surface area (Å²) in [6.45, 7) is 0.0108. The minimum Gasteiger partial charge on any atom is -0.497 e. The molecular formula is C15H16BrNO2. The summed E-state index contributed by atoms with van der Waals surface area (Å²) < 4.78 is 6.22. The smallest absolute Gasteiger partial charge is 0.120 e. The standard InChI is InChI=1S/C15H16BrNO2/c1-17(13-4-3-5-14(9-13)19-2)15-8-12(16)7-6-11(15)10-18/h3-9,18H,10H2,1-2H3. The van der Waals surface area contributed by atoms with Crippen LogP contribution in [0, 0.1) is 0 Å². The zero-order valence-corrected chi connectivity index (χ0v) is 12.5. The van der Waals surface area contributed by atoms with Gasteiger partial charge in [-0.15, -0.1) is 0 Å². The molecule has 0 unspecified atom stereocenters. The number of anilines is 2. The van der Waals surface area contributed by atoms with Gasteiger partial charge in [-0.1, -0.05) is 28.1 Å². The van der Waals surface area contributed by atoms with Gasteiger partial charge in [-0.05, 0) is 24.3 Å². The van der Waals surface area contributed by atoms with Crippen LogP contribution >= 0.6 is 15.9 Å². The minimum absolute atomic E-state index is 0.0108. The summed E-state index contributed by atoms with van der Waals surface area (Å²) >= 11 is 3.46. The third-order valence-electron chi connectivity index (χ3n) is 3.02. The Morgan fingerprint density at radius 2 is 2.00 bits per heavy atom. The van der Waals surface area contributed by atoms with Crippen LogP contribution in [0.4, 0.5) is 11.4 Å². The Morgan fingerprint density at radius 3 is 2.68 bits per heavy atom. The second kappa shape index (κ2) is 6.08. The number of hydrogen-bond donors (Lipinski definition) is 1. The van der Waals surface area contributed by atoms with Gasteiger partial charge in [-0.25, -0.2) is 0 Å². The van der Waals surface area contributed by atoms with Gasteiger partial charge in [0, 0.05) is 34.5 Å². The van der Waals surface area contributed by atoms with E-state index in [-0.39, 0.29) is 6.61 Å². The van der Waals surface area contributed by atoms with Gasteiger partial charge in [-0.3, -0.25) is 0 Å². The van der Waals surface area contributed by atoms with Crippen molar-refractivity contribution in [3.63, 3.8) is 0 Å². The number of rotatable bonds is 4. The predicted octanol–water partition coefficient (Wildman–Crippen LogP) is 3.72. The zero-order valence-electron chi connectivity index (χ0n) is 10.9. The van der Waals surface area contributed by atoms with E-state index in [1.165, 1.54) is 0 Å². The average molecular weight is 322 g/mol. The summed E-state index contributed by atoms with van der Waals surface area (Å²) in [5.41, 5.74) is 2.85. The van der Waals surface area contributed by atoms with Crippen molar-refractivity contribution >= 4 is 27.3 Å². The molecule has 0 radical (unpaired) electrons. The van der Waals surface area contributed by atoms with E-state index in [0.717, 1.165) is 27.2 Å². The lowest BCUT2D eigenvalue weighted by Crippen LogP contribution is -2.12. The van der Waals surface area contributed by atoms with Gasteiger partial charge >= 0.3 is 0 Å². The van der Waals surface area contributed by atoms with E-state index in [2.05, 4.69) is 15.9 Å². The third kappa shape index (κ3) is 3.08. The van der Waals surface area contributed by atoms with Gasteiger partial charge in [-0.2, -0.15) is 0 Å². The van der Waals surface area contributed by atoms with Gasteiger partial charge in [0.05, 0.1) is 13.7 Å². The average Bonchev–Trinajstić information content (AvgIpc) is 2.46. The first kappa shape index (κ1) is 13.9. The van der Waals surface area contributed by atoms with Crippen LogP contribution in [-0.4, -0.2) is 19.3 Å². The van der Waals surface area contributed by atoms with Crippen LogP contribution in [0.15, 0.2) is 46.9 Å². The first-order chi connectivity index (χ1) is 9.15. The molecule has 3 nitrogen and oxygen atoms in total. The van der Waals surface area contributed by atoms with E-state index < -0.39 is 0 Å². The maximum absolute atomic E-state index is 9.44. The van der Waals surface area contributed by atoms with E-state index in [9.17, 15) is 5.11 Å². The third-order valence-corrected chi connectivity index (χ3v) is 3.51. The Morgan fingerprint density at radius 1 is 1.21 bits per heavy atom. The normalized spacial score (nSPS) is 10.3. The van der Waals surface area contributed by atoms with Crippen LogP contribution in [0.25, 0.3) is 0 Å². The SMILES string of the molecule is COc1cccc(N(C)c2cc(Br)ccc2CO)c1. The summed E-state index contributed by atoms with van der Waals surface area (Å²) in [6, 6.07) is 13.6. The second-order valence-corrected chi connectivity index (χ2v) is 5.11.